The van der Waals surface area contributed by atoms with Crippen LogP contribution in [0, 0.1) is 0 Å². The molecule has 1 aliphatic heterocycles. The number of rotatable bonds is 4. The van der Waals surface area contributed by atoms with E-state index in [1.807, 2.05) is 6.07 Å². The van der Waals surface area contributed by atoms with E-state index in [1.165, 1.54) is 12.1 Å². The normalized spacial score (nSPS) is 19.1. The first kappa shape index (κ1) is 21.4. The average Bonchev–Trinajstić information content (AvgIpc) is 3.26. The van der Waals surface area contributed by atoms with Gasteiger partial charge in [-0.2, -0.15) is 0 Å². The van der Waals surface area contributed by atoms with Crippen molar-refractivity contribution in [3.63, 3.8) is 0 Å². The predicted molar refractivity (Wildman–Crippen MR) is 118 cm³/mol. The van der Waals surface area contributed by atoms with Gasteiger partial charge in [0.15, 0.2) is 14.6 Å². The summed E-state index contributed by atoms with van der Waals surface area (Å²) in [6.07, 6.45) is 3.77. The van der Waals surface area contributed by atoms with E-state index in [0.29, 0.717) is 49.1 Å². The number of anilines is 1. The van der Waals surface area contributed by atoms with Gasteiger partial charge in [0.2, 0.25) is 5.91 Å². The quantitative estimate of drug-likeness (QED) is 0.683. The van der Waals surface area contributed by atoms with Gasteiger partial charge in [-0.25, -0.2) is 13.4 Å². The number of sulfone groups is 1. The molecule has 0 spiro atoms. The predicted octanol–water partition coefficient (Wildman–Crippen LogP) is 3.82. The second-order valence-corrected chi connectivity index (χ2v) is 10.9. The third-order valence-corrected chi connectivity index (χ3v) is 9.02. The Labute approximate surface area is 186 Å². The zero-order chi connectivity index (χ0) is 21.4. The van der Waals surface area contributed by atoms with Crippen molar-refractivity contribution in [1.82, 2.24) is 9.88 Å². The van der Waals surface area contributed by atoms with Crippen molar-refractivity contribution in [3.05, 3.63) is 52.6 Å². The first-order chi connectivity index (χ1) is 14.3. The summed E-state index contributed by atoms with van der Waals surface area (Å²) in [5.74, 6) is 0.523. The highest BCUT2D eigenvalue weighted by Crippen LogP contribution is 2.42. The van der Waals surface area contributed by atoms with Gasteiger partial charge in [0.25, 0.3) is 0 Å². The molecule has 2 heterocycles. The molecule has 0 radical (unpaired) electrons. The van der Waals surface area contributed by atoms with Crippen LogP contribution in [0.1, 0.15) is 25.7 Å². The molecule has 4 rings (SSSR count). The van der Waals surface area contributed by atoms with Gasteiger partial charge in [0.05, 0.1) is 9.92 Å². The second kappa shape index (κ2) is 8.36. The van der Waals surface area contributed by atoms with Crippen LogP contribution in [-0.4, -0.2) is 55.1 Å². The molecule has 0 N–H and O–H groups in total. The van der Waals surface area contributed by atoms with E-state index in [2.05, 4.69) is 9.88 Å². The summed E-state index contributed by atoms with van der Waals surface area (Å²) in [6, 6.07) is 9.74. The zero-order valence-corrected chi connectivity index (χ0v) is 18.8. The van der Waals surface area contributed by atoms with Gasteiger partial charge in [-0.15, -0.1) is 0 Å². The Balaban J connectivity index is 1.54. The summed E-state index contributed by atoms with van der Waals surface area (Å²) >= 11 is 11.8. The number of amides is 1. The van der Waals surface area contributed by atoms with Crippen LogP contribution >= 0.6 is 23.2 Å². The zero-order valence-electron chi connectivity index (χ0n) is 16.4. The molecule has 0 bridgehead atoms. The van der Waals surface area contributed by atoms with E-state index in [9.17, 15) is 13.2 Å². The number of hydrogen-bond acceptors (Lipinski definition) is 5. The molecule has 2 fully saturated rings. The minimum absolute atomic E-state index is 0.158. The smallest absolute Gasteiger partial charge is 0.244 e. The summed E-state index contributed by atoms with van der Waals surface area (Å²) in [7, 11) is -3.83. The van der Waals surface area contributed by atoms with Crippen LogP contribution in [-0.2, 0) is 14.6 Å². The lowest BCUT2D eigenvalue weighted by Gasteiger charge is -2.39. The van der Waals surface area contributed by atoms with E-state index >= 15 is 0 Å². The molecule has 1 saturated heterocycles. The van der Waals surface area contributed by atoms with E-state index in [-0.39, 0.29) is 10.8 Å². The summed E-state index contributed by atoms with van der Waals surface area (Å²) in [5.41, 5.74) is 0. The highest BCUT2D eigenvalue weighted by atomic mass is 35.5. The van der Waals surface area contributed by atoms with Crippen LogP contribution in [0.5, 0.6) is 0 Å². The van der Waals surface area contributed by atoms with Gasteiger partial charge in [0.1, 0.15) is 5.82 Å². The molecule has 9 heteroatoms. The number of aromatic nitrogens is 1. The number of benzene rings is 1. The number of hydrogen-bond donors (Lipinski definition) is 0. The molecule has 1 aromatic heterocycles. The Bertz CT molecular complexity index is 1010. The Morgan fingerprint density at radius 2 is 1.50 bits per heavy atom. The molecule has 0 unspecified atom stereocenters. The maximum atomic E-state index is 13.6. The van der Waals surface area contributed by atoms with Gasteiger partial charge < -0.3 is 9.80 Å². The Kier molecular flexibility index (Phi) is 5.97. The van der Waals surface area contributed by atoms with Crippen LogP contribution < -0.4 is 4.90 Å². The highest BCUT2D eigenvalue weighted by Gasteiger charge is 2.54. The first-order valence-electron chi connectivity index (χ1n) is 10.00. The summed E-state index contributed by atoms with van der Waals surface area (Å²) in [5, 5.41) is 1.04. The highest BCUT2D eigenvalue weighted by molar-refractivity contribution is 7.93. The number of pyridine rings is 1. The minimum Gasteiger partial charge on any atom is -0.353 e. The Morgan fingerprint density at radius 1 is 0.900 bits per heavy atom. The van der Waals surface area contributed by atoms with Crippen LogP contribution in [0.4, 0.5) is 5.82 Å². The molecule has 1 aromatic carbocycles. The van der Waals surface area contributed by atoms with E-state index in [1.54, 1.807) is 29.3 Å². The second-order valence-electron chi connectivity index (χ2n) is 7.77. The van der Waals surface area contributed by atoms with Crippen molar-refractivity contribution >= 4 is 44.8 Å². The number of carbonyl (C=O) groups excluding carboxylic acids is 1. The van der Waals surface area contributed by atoms with Gasteiger partial charge in [0, 0.05) is 37.4 Å². The number of halogens is 2. The fourth-order valence-electron chi connectivity index (χ4n) is 4.36. The maximum absolute atomic E-state index is 13.6. The third-order valence-electron chi connectivity index (χ3n) is 6.04. The molecule has 160 valence electrons. The van der Waals surface area contributed by atoms with Gasteiger partial charge in [-0.1, -0.05) is 36.0 Å². The Morgan fingerprint density at radius 3 is 2.07 bits per heavy atom. The molecule has 1 aliphatic carbocycles. The lowest BCUT2D eigenvalue weighted by Crippen LogP contribution is -2.57. The van der Waals surface area contributed by atoms with Crippen molar-refractivity contribution in [2.75, 3.05) is 31.1 Å². The SMILES string of the molecule is O=C(N1CCN(c2ccc(Cl)cn2)CC1)C1(S(=O)(=O)c2ccc(Cl)cc2)CCCC1. The summed E-state index contributed by atoms with van der Waals surface area (Å²) < 4.78 is 25.7. The number of piperazine rings is 1. The fourth-order valence-corrected chi connectivity index (χ4v) is 6.73. The van der Waals surface area contributed by atoms with Crippen molar-refractivity contribution in [2.24, 2.45) is 0 Å². The lowest BCUT2D eigenvalue weighted by molar-refractivity contribution is -0.134. The molecule has 2 aliphatic rings. The van der Waals surface area contributed by atoms with Crippen molar-refractivity contribution in [3.8, 4) is 0 Å². The van der Waals surface area contributed by atoms with E-state index in [0.717, 1.165) is 18.7 Å². The molecular weight excluding hydrogens is 445 g/mol. The largest absolute Gasteiger partial charge is 0.353 e. The number of nitrogens with zero attached hydrogens (tertiary/aromatic N) is 3. The third kappa shape index (κ3) is 3.79. The molecule has 30 heavy (non-hydrogen) atoms. The van der Waals surface area contributed by atoms with Gasteiger partial charge in [-0.3, -0.25) is 4.79 Å². The average molecular weight is 468 g/mol. The van der Waals surface area contributed by atoms with Crippen molar-refractivity contribution in [2.45, 2.75) is 35.3 Å². The van der Waals surface area contributed by atoms with E-state index < -0.39 is 14.6 Å². The summed E-state index contributed by atoms with van der Waals surface area (Å²) in [6.45, 7) is 2.11. The van der Waals surface area contributed by atoms with Crippen LogP contribution in [0.2, 0.25) is 10.0 Å². The minimum atomic E-state index is -3.83. The fraction of sp³-hybridized carbons (Fsp3) is 0.429. The molecule has 1 amide bonds. The number of carbonyl (C=O) groups is 1. The standard InChI is InChI=1S/C21H23Cl2N3O3S/c22-16-3-6-18(7-4-16)30(28,29)21(9-1-2-10-21)20(27)26-13-11-25(12-14-26)19-8-5-17(23)15-24-19/h3-8,15H,1-2,9-14H2. The van der Waals surface area contributed by atoms with Crippen LogP contribution in [0.15, 0.2) is 47.5 Å². The lowest BCUT2D eigenvalue weighted by atomic mass is 10.0. The van der Waals surface area contributed by atoms with Crippen molar-refractivity contribution < 1.29 is 13.2 Å². The topological polar surface area (TPSA) is 70.6 Å². The first-order valence-corrected chi connectivity index (χ1v) is 12.2. The molecule has 2 aromatic rings. The van der Waals surface area contributed by atoms with Crippen LogP contribution in [0.25, 0.3) is 0 Å². The Hall–Kier alpha value is -1.83. The summed E-state index contributed by atoms with van der Waals surface area (Å²) in [4.78, 5) is 21.8. The molecule has 6 nitrogen and oxygen atoms in total. The molecular formula is C21H23Cl2N3O3S. The van der Waals surface area contributed by atoms with Gasteiger partial charge in [-0.05, 0) is 49.2 Å². The molecule has 0 atom stereocenters. The van der Waals surface area contributed by atoms with Gasteiger partial charge >= 0.3 is 0 Å². The van der Waals surface area contributed by atoms with E-state index in [4.69, 9.17) is 23.2 Å². The monoisotopic (exact) mass is 467 g/mol. The molecule has 1 saturated carbocycles. The maximum Gasteiger partial charge on any atom is 0.244 e. The van der Waals surface area contributed by atoms with Crippen LogP contribution in [0.3, 0.4) is 0 Å². The van der Waals surface area contributed by atoms with Crippen molar-refractivity contribution in [1.29, 1.82) is 0 Å².